The van der Waals surface area contributed by atoms with Gasteiger partial charge in [-0.2, -0.15) is 0 Å². The molecular weight excluding hydrogens is 303 g/mol. The van der Waals surface area contributed by atoms with Crippen LogP contribution in [0.1, 0.15) is 26.7 Å². The molecule has 1 aromatic rings. The first-order chi connectivity index (χ1) is 9.71. The highest BCUT2D eigenvalue weighted by Crippen LogP contribution is 2.27. The van der Waals surface area contributed by atoms with E-state index in [0.717, 1.165) is 12.1 Å². The molecule has 0 aliphatic heterocycles. The van der Waals surface area contributed by atoms with Gasteiger partial charge in [0, 0.05) is 0 Å². The second-order valence-corrected chi connectivity index (χ2v) is 6.27. The van der Waals surface area contributed by atoms with Gasteiger partial charge in [-0.25, -0.2) is 17.5 Å². The van der Waals surface area contributed by atoms with Crippen molar-refractivity contribution in [3.63, 3.8) is 0 Å². The number of hydrogen-bond donors (Lipinski definition) is 2. The second kappa shape index (κ2) is 6.46. The van der Waals surface area contributed by atoms with Crippen LogP contribution in [-0.4, -0.2) is 30.6 Å². The van der Waals surface area contributed by atoms with Crippen molar-refractivity contribution in [3.05, 3.63) is 34.1 Å². The zero-order valence-electron chi connectivity index (χ0n) is 11.7. The van der Waals surface area contributed by atoms with Crippen LogP contribution in [0.3, 0.4) is 0 Å². The SMILES string of the molecule is CCC(CC)(CO)NS(=O)(=O)c1ccc(F)cc1[N+](=O)[O-]. The fourth-order valence-corrected chi connectivity index (χ4v) is 3.54. The first-order valence-electron chi connectivity index (χ1n) is 6.30. The third-order valence-corrected chi connectivity index (χ3v) is 5.04. The van der Waals surface area contributed by atoms with Gasteiger partial charge in [0.2, 0.25) is 10.0 Å². The molecule has 118 valence electrons. The van der Waals surface area contributed by atoms with Crippen LogP contribution in [0.4, 0.5) is 10.1 Å². The van der Waals surface area contributed by atoms with Crippen LogP contribution < -0.4 is 4.72 Å². The molecule has 9 heteroatoms. The Morgan fingerprint density at radius 1 is 1.38 bits per heavy atom. The zero-order chi connectivity index (χ0) is 16.3. The maximum Gasteiger partial charge on any atom is 0.292 e. The van der Waals surface area contributed by atoms with Crippen LogP contribution >= 0.6 is 0 Å². The molecule has 0 radical (unpaired) electrons. The molecule has 0 atom stereocenters. The highest BCUT2D eigenvalue weighted by molar-refractivity contribution is 7.89. The quantitative estimate of drug-likeness (QED) is 0.585. The number of nitrogens with one attached hydrogen (secondary N) is 1. The Kier molecular flexibility index (Phi) is 5.37. The summed E-state index contributed by atoms with van der Waals surface area (Å²) in [5.74, 6) is -0.903. The molecule has 0 saturated heterocycles. The molecule has 0 heterocycles. The Morgan fingerprint density at radius 3 is 2.38 bits per heavy atom. The van der Waals surface area contributed by atoms with E-state index < -0.39 is 43.5 Å². The van der Waals surface area contributed by atoms with E-state index in [1.807, 2.05) is 0 Å². The van der Waals surface area contributed by atoms with Gasteiger partial charge in [-0.3, -0.25) is 10.1 Å². The summed E-state index contributed by atoms with van der Waals surface area (Å²) in [6, 6.07) is 2.22. The summed E-state index contributed by atoms with van der Waals surface area (Å²) in [4.78, 5) is 9.30. The molecule has 21 heavy (non-hydrogen) atoms. The largest absolute Gasteiger partial charge is 0.394 e. The molecule has 0 aromatic heterocycles. The van der Waals surface area contributed by atoms with Crippen LogP contribution in [0, 0.1) is 15.9 Å². The average Bonchev–Trinajstić information content (AvgIpc) is 2.44. The molecule has 0 saturated carbocycles. The molecule has 0 amide bonds. The lowest BCUT2D eigenvalue weighted by Gasteiger charge is -2.30. The van der Waals surface area contributed by atoms with E-state index in [1.54, 1.807) is 13.8 Å². The fraction of sp³-hybridized carbons (Fsp3) is 0.500. The standard InChI is InChI=1S/C12H17FN2O5S/c1-3-12(4-2,8-16)14-21(19,20)11-6-5-9(13)7-10(11)15(17)18/h5-7,14,16H,3-4,8H2,1-2H3. The normalized spacial score (nSPS) is 12.4. The fourth-order valence-electron chi connectivity index (χ4n) is 1.85. The Labute approximate surface area is 122 Å². The number of aliphatic hydroxyl groups is 1. The van der Waals surface area contributed by atoms with E-state index in [0.29, 0.717) is 18.9 Å². The van der Waals surface area contributed by atoms with E-state index in [2.05, 4.69) is 4.72 Å². The number of hydrogen-bond acceptors (Lipinski definition) is 5. The molecule has 0 aliphatic rings. The lowest BCUT2D eigenvalue weighted by Crippen LogP contribution is -2.50. The first kappa shape index (κ1) is 17.5. The third-order valence-electron chi connectivity index (χ3n) is 3.41. The number of benzene rings is 1. The van der Waals surface area contributed by atoms with Gasteiger partial charge in [0.05, 0.1) is 23.1 Å². The summed E-state index contributed by atoms with van der Waals surface area (Å²) in [6.07, 6.45) is 0.600. The number of rotatable bonds is 7. The Morgan fingerprint density at radius 2 is 1.95 bits per heavy atom. The Bertz CT molecular complexity index is 620. The molecular formula is C12H17FN2O5S. The van der Waals surface area contributed by atoms with Crippen molar-refractivity contribution in [1.82, 2.24) is 4.72 Å². The van der Waals surface area contributed by atoms with Crippen LogP contribution in [-0.2, 0) is 10.0 Å². The highest BCUT2D eigenvalue weighted by Gasteiger charge is 2.35. The summed E-state index contributed by atoms with van der Waals surface area (Å²) >= 11 is 0. The summed E-state index contributed by atoms with van der Waals surface area (Å²) in [5, 5.41) is 20.3. The molecule has 2 N–H and O–H groups in total. The van der Waals surface area contributed by atoms with E-state index in [4.69, 9.17) is 0 Å². The summed E-state index contributed by atoms with van der Waals surface area (Å²) in [6.45, 7) is 2.91. The van der Waals surface area contributed by atoms with Crippen molar-refractivity contribution < 1.29 is 22.8 Å². The van der Waals surface area contributed by atoms with Crippen molar-refractivity contribution in [2.75, 3.05) is 6.61 Å². The summed E-state index contributed by atoms with van der Waals surface area (Å²) in [5.41, 5.74) is -1.96. The van der Waals surface area contributed by atoms with Gasteiger partial charge in [0.1, 0.15) is 5.82 Å². The van der Waals surface area contributed by atoms with Crippen LogP contribution in [0.2, 0.25) is 0 Å². The molecule has 1 aromatic carbocycles. The van der Waals surface area contributed by atoms with Crippen LogP contribution in [0.5, 0.6) is 0 Å². The molecule has 7 nitrogen and oxygen atoms in total. The van der Waals surface area contributed by atoms with Gasteiger partial charge in [0.15, 0.2) is 4.90 Å². The van der Waals surface area contributed by atoms with E-state index in [-0.39, 0.29) is 0 Å². The number of halogens is 1. The molecule has 0 unspecified atom stereocenters. The summed E-state index contributed by atoms with van der Waals surface area (Å²) in [7, 11) is -4.26. The maximum atomic E-state index is 13.1. The van der Waals surface area contributed by atoms with Gasteiger partial charge in [-0.15, -0.1) is 0 Å². The van der Waals surface area contributed by atoms with Crippen molar-refractivity contribution in [2.24, 2.45) is 0 Å². The Hall–Kier alpha value is -1.58. The topological polar surface area (TPSA) is 110 Å². The number of nitro groups is 1. The van der Waals surface area contributed by atoms with Gasteiger partial charge >= 0.3 is 0 Å². The monoisotopic (exact) mass is 320 g/mol. The minimum atomic E-state index is -4.26. The van der Waals surface area contributed by atoms with E-state index in [9.17, 15) is 28.0 Å². The van der Waals surface area contributed by atoms with E-state index >= 15 is 0 Å². The lowest BCUT2D eigenvalue weighted by atomic mass is 9.96. The van der Waals surface area contributed by atoms with Crippen molar-refractivity contribution in [2.45, 2.75) is 37.1 Å². The van der Waals surface area contributed by atoms with Crippen LogP contribution in [0.25, 0.3) is 0 Å². The van der Waals surface area contributed by atoms with E-state index in [1.165, 1.54) is 0 Å². The van der Waals surface area contributed by atoms with Crippen molar-refractivity contribution in [1.29, 1.82) is 0 Å². The van der Waals surface area contributed by atoms with Crippen molar-refractivity contribution >= 4 is 15.7 Å². The number of aliphatic hydroxyl groups excluding tert-OH is 1. The number of nitro benzene ring substituents is 1. The maximum absolute atomic E-state index is 13.1. The number of nitrogens with zero attached hydrogens (tertiary/aromatic N) is 1. The minimum Gasteiger partial charge on any atom is -0.394 e. The predicted octanol–water partition coefficient (Wildman–Crippen LogP) is 1.56. The third kappa shape index (κ3) is 3.74. The summed E-state index contributed by atoms with van der Waals surface area (Å²) < 4.78 is 40.0. The van der Waals surface area contributed by atoms with Gasteiger partial charge in [-0.1, -0.05) is 13.8 Å². The predicted molar refractivity (Wildman–Crippen MR) is 73.8 cm³/mol. The Balaban J connectivity index is 3.35. The minimum absolute atomic E-state index is 0.300. The molecule has 0 fully saturated rings. The molecule has 1 rings (SSSR count). The van der Waals surface area contributed by atoms with Gasteiger partial charge in [-0.05, 0) is 25.0 Å². The molecule has 0 aliphatic carbocycles. The van der Waals surface area contributed by atoms with Gasteiger partial charge in [0.25, 0.3) is 5.69 Å². The van der Waals surface area contributed by atoms with Crippen molar-refractivity contribution in [3.8, 4) is 0 Å². The number of sulfonamides is 1. The average molecular weight is 320 g/mol. The van der Waals surface area contributed by atoms with Gasteiger partial charge < -0.3 is 5.11 Å². The van der Waals surface area contributed by atoms with Crippen LogP contribution in [0.15, 0.2) is 23.1 Å². The molecule has 0 spiro atoms. The highest BCUT2D eigenvalue weighted by atomic mass is 32.2. The smallest absolute Gasteiger partial charge is 0.292 e. The lowest BCUT2D eigenvalue weighted by molar-refractivity contribution is -0.388. The first-order valence-corrected chi connectivity index (χ1v) is 7.78. The molecule has 0 bridgehead atoms. The second-order valence-electron chi connectivity index (χ2n) is 4.62. The zero-order valence-corrected chi connectivity index (χ0v) is 12.5.